The lowest BCUT2D eigenvalue weighted by Crippen LogP contribution is -2.18. The Hall–Kier alpha value is -3.59. The van der Waals surface area contributed by atoms with Gasteiger partial charge in [0.2, 0.25) is 10.0 Å². The number of sulfonamides is 1. The molecule has 1 aromatic heterocycles. The molecule has 3 N–H and O–H groups in total. The molecule has 1 heterocycles. The van der Waals surface area contributed by atoms with Gasteiger partial charge >= 0.3 is 0 Å². The molecule has 0 aliphatic heterocycles. The van der Waals surface area contributed by atoms with E-state index in [1.165, 1.54) is 6.26 Å². The fraction of sp³-hybridized carbons (Fsp3) is 0.182. The van der Waals surface area contributed by atoms with E-state index in [4.69, 9.17) is 4.42 Å². The van der Waals surface area contributed by atoms with E-state index in [1.807, 2.05) is 0 Å². The summed E-state index contributed by atoms with van der Waals surface area (Å²) in [6.07, 6.45) is 1.91. The van der Waals surface area contributed by atoms with Crippen LogP contribution < -0.4 is 15.4 Å². The number of benzene rings is 2. The van der Waals surface area contributed by atoms with Crippen LogP contribution in [0.2, 0.25) is 0 Å². The Morgan fingerprint density at radius 3 is 2.26 bits per heavy atom. The average molecular weight is 442 g/mol. The molecule has 0 aliphatic carbocycles. The Labute approximate surface area is 180 Å². The van der Waals surface area contributed by atoms with E-state index in [9.17, 15) is 18.0 Å². The van der Waals surface area contributed by atoms with Crippen molar-refractivity contribution in [2.45, 2.75) is 20.3 Å². The maximum Gasteiger partial charge on any atom is 0.291 e. The molecule has 0 saturated heterocycles. The molecule has 0 fully saturated rings. The third-order valence-electron chi connectivity index (χ3n) is 4.47. The molecule has 0 radical (unpaired) electrons. The summed E-state index contributed by atoms with van der Waals surface area (Å²) in [6.45, 7) is 3.52. The van der Waals surface area contributed by atoms with E-state index in [2.05, 4.69) is 15.4 Å². The highest BCUT2D eigenvalue weighted by molar-refractivity contribution is 7.92. The fourth-order valence-electron chi connectivity index (χ4n) is 2.87. The van der Waals surface area contributed by atoms with Gasteiger partial charge in [-0.25, -0.2) is 8.42 Å². The third-order valence-corrected chi connectivity index (χ3v) is 5.95. The van der Waals surface area contributed by atoms with Crippen LogP contribution in [0.15, 0.2) is 65.3 Å². The summed E-state index contributed by atoms with van der Waals surface area (Å²) in [6, 6.07) is 14.6. The predicted octanol–water partition coefficient (Wildman–Crippen LogP) is 4.24. The van der Waals surface area contributed by atoms with E-state index in [0.29, 0.717) is 34.6 Å². The minimum atomic E-state index is -3.44. The fourth-order valence-corrected chi connectivity index (χ4v) is 4.06. The predicted molar refractivity (Wildman–Crippen MR) is 120 cm³/mol. The highest BCUT2D eigenvalue weighted by atomic mass is 32.2. The molecule has 162 valence electrons. The number of nitrogens with one attached hydrogen (secondary N) is 3. The summed E-state index contributed by atoms with van der Waals surface area (Å²) in [4.78, 5) is 24.6. The molecule has 0 atom stereocenters. The van der Waals surface area contributed by atoms with Crippen molar-refractivity contribution in [3.8, 4) is 0 Å². The van der Waals surface area contributed by atoms with Crippen molar-refractivity contribution in [1.29, 1.82) is 0 Å². The number of furan rings is 1. The lowest BCUT2D eigenvalue weighted by Gasteiger charge is -2.14. The summed E-state index contributed by atoms with van der Waals surface area (Å²) in [5, 5.41) is 5.47. The quantitative estimate of drug-likeness (QED) is 0.483. The Morgan fingerprint density at radius 1 is 0.903 bits per heavy atom. The van der Waals surface area contributed by atoms with Gasteiger partial charge in [0.25, 0.3) is 11.8 Å². The largest absolute Gasteiger partial charge is 0.459 e. The number of hydrogen-bond donors (Lipinski definition) is 3. The molecule has 0 aliphatic rings. The Balaban J connectivity index is 1.69. The van der Waals surface area contributed by atoms with Crippen molar-refractivity contribution in [2.24, 2.45) is 0 Å². The van der Waals surface area contributed by atoms with Crippen molar-refractivity contribution >= 4 is 38.9 Å². The zero-order valence-corrected chi connectivity index (χ0v) is 18.0. The van der Waals surface area contributed by atoms with E-state index >= 15 is 0 Å². The minimum Gasteiger partial charge on any atom is -0.459 e. The molecular formula is C22H23N3O5S. The second-order valence-electron chi connectivity index (χ2n) is 6.86. The third kappa shape index (κ3) is 5.73. The van der Waals surface area contributed by atoms with Crippen LogP contribution in [0.25, 0.3) is 0 Å². The normalized spacial score (nSPS) is 11.0. The molecule has 0 unspecified atom stereocenters. The van der Waals surface area contributed by atoms with Gasteiger partial charge in [0.05, 0.1) is 17.7 Å². The minimum absolute atomic E-state index is 0.0197. The van der Waals surface area contributed by atoms with Crippen LogP contribution in [0.4, 0.5) is 17.1 Å². The molecule has 2 amide bonds. The zero-order chi connectivity index (χ0) is 22.4. The zero-order valence-electron chi connectivity index (χ0n) is 17.1. The van der Waals surface area contributed by atoms with Gasteiger partial charge in [-0.3, -0.25) is 14.3 Å². The smallest absolute Gasteiger partial charge is 0.291 e. The molecule has 2 aromatic carbocycles. The summed E-state index contributed by atoms with van der Waals surface area (Å²) in [7, 11) is -3.44. The van der Waals surface area contributed by atoms with Gasteiger partial charge in [0, 0.05) is 16.9 Å². The van der Waals surface area contributed by atoms with Gasteiger partial charge < -0.3 is 15.1 Å². The van der Waals surface area contributed by atoms with E-state index < -0.39 is 10.0 Å². The monoisotopic (exact) mass is 441 g/mol. The first-order valence-electron chi connectivity index (χ1n) is 9.65. The van der Waals surface area contributed by atoms with Gasteiger partial charge in [0.1, 0.15) is 0 Å². The standard InChI is InChI=1S/C22H23N3O5S/c1-3-14-31(28,29)25-19-7-4-6-18(15(19)2)24-21(26)16-9-11-17(12-10-16)23-22(27)20-8-5-13-30-20/h4-13,25H,3,14H2,1-2H3,(H,23,27)(H,24,26). The van der Waals surface area contributed by atoms with Crippen LogP contribution in [0.1, 0.15) is 39.8 Å². The van der Waals surface area contributed by atoms with E-state index in [1.54, 1.807) is 68.4 Å². The first-order valence-corrected chi connectivity index (χ1v) is 11.3. The Morgan fingerprint density at radius 2 is 1.61 bits per heavy atom. The van der Waals surface area contributed by atoms with E-state index in [0.717, 1.165) is 0 Å². The van der Waals surface area contributed by atoms with Crippen molar-refractivity contribution < 1.29 is 22.4 Å². The van der Waals surface area contributed by atoms with Gasteiger partial charge in [-0.05, 0) is 67.4 Å². The highest BCUT2D eigenvalue weighted by Gasteiger charge is 2.14. The number of hydrogen-bond acceptors (Lipinski definition) is 5. The lowest BCUT2D eigenvalue weighted by molar-refractivity contribution is 0.0995. The summed E-state index contributed by atoms with van der Waals surface area (Å²) >= 11 is 0. The number of amides is 2. The summed E-state index contributed by atoms with van der Waals surface area (Å²) in [5.74, 6) is -0.543. The van der Waals surface area contributed by atoms with Crippen LogP contribution in [-0.2, 0) is 10.0 Å². The molecule has 0 spiro atoms. The van der Waals surface area contributed by atoms with Gasteiger partial charge in [-0.15, -0.1) is 0 Å². The van der Waals surface area contributed by atoms with Gasteiger partial charge in [0.15, 0.2) is 5.76 Å². The van der Waals surface area contributed by atoms with Crippen LogP contribution in [0.5, 0.6) is 0 Å². The molecule has 0 saturated carbocycles. The molecule has 3 aromatic rings. The van der Waals surface area contributed by atoms with Crippen LogP contribution in [0, 0.1) is 6.92 Å². The first kappa shape index (κ1) is 22.1. The molecular weight excluding hydrogens is 418 g/mol. The molecule has 31 heavy (non-hydrogen) atoms. The number of anilines is 3. The maximum absolute atomic E-state index is 12.6. The topological polar surface area (TPSA) is 118 Å². The lowest BCUT2D eigenvalue weighted by atomic mass is 10.1. The maximum atomic E-state index is 12.6. The highest BCUT2D eigenvalue weighted by Crippen LogP contribution is 2.25. The molecule has 0 bridgehead atoms. The van der Waals surface area contributed by atoms with Crippen molar-refractivity contribution in [2.75, 3.05) is 21.1 Å². The van der Waals surface area contributed by atoms with Crippen molar-refractivity contribution in [1.82, 2.24) is 0 Å². The van der Waals surface area contributed by atoms with Gasteiger partial charge in [-0.2, -0.15) is 0 Å². The molecule has 9 heteroatoms. The number of rotatable bonds is 8. The second-order valence-corrected chi connectivity index (χ2v) is 8.70. The van der Waals surface area contributed by atoms with Crippen LogP contribution in [0.3, 0.4) is 0 Å². The first-order chi connectivity index (χ1) is 14.8. The molecule has 3 rings (SSSR count). The number of carbonyl (C=O) groups excluding carboxylic acids is 2. The number of carbonyl (C=O) groups is 2. The SMILES string of the molecule is CCCS(=O)(=O)Nc1cccc(NC(=O)c2ccc(NC(=O)c3ccco3)cc2)c1C. The van der Waals surface area contributed by atoms with Crippen molar-refractivity contribution in [3.63, 3.8) is 0 Å². The van der Waals surface area contributed by atoms with Crippen LogP contribution >= 0.6 is 0 Å². The Kier molecular flexibility index (Phi) is 6.76. The average Bonchev–Trinajstić information content (AvgIpc) is 3.26. The Bertz CT molecular complexity index is 1170. The molecule has 8 nitrogen and oxygen atoms in total. The summed E-state index contributed by atoms with van der Waals surface area (Å²) in [5.41, 5.74) is 2.42. The van der Waals surface area contributed by atoms with Crippen molar-refractivity contribution in [3.05, 3.63) is 77.7 Å². The van der Waals surface area contributed by atoms with Gasteiger partial charge in [-0.1, -0.05) is 13.0 Å². The van der Waals surface area contributed by atoms with E-state index in [-0.39, 0.29) is 23.3 Å². The second kappa shape index (κ2) is 9.48. The van der Waals surface area contributed by atoms with Crippen LogP contribution in [-0.4, -0.2) is 26.0 Å². The summed E-state index contributed by atoms with van der Waals surface area (Å²) < 4.78 is 31.7.